The van der Waals surface area contributed by atoms with Gasteiger partial charge in [-0.2, -0.15) is 36.5 Å². The molecule has 2 aromatic carbocycles. The van der Waals surface area contributed by atoms with Crippen LogP contribution in [0.4, 0.5) is 37.7 Å². The molecule has 4 heterocycles. The number of aliphatic imine (C=N–C) groups is 2. The van der Waals surface area contributed by atoms with Crippen LogP contribution in [0.3, 0.4) is 0 Å². The third-order valence-electron chi connectivity index (χ3n) is 7.91. The minimum Gasteiger partial charge on any atom is -0.370 e. The molecule has 2 aromatic heterocycles. The van der Waals surface area contributed by atoms with Crippen LogP contribution in [0.25, 0.3) is 22.5 Å². The van der Waals surface area contributed by atoms with E-state index in [9.17, 15) is 35.9 Å². The molecule has 2 aliphatic heterocycles. The van der Waals surface area contributed by atoms with Crippen molar-refractivity contribution in [2.75, 3.05) is 49.4 Å². The maximum Gasteiger partial charge on any atom is 0.418 e. The van der Waals surface area contributed by atoms with Gasteiger partial charge in [0.15, 0.2) is 0 Å². The summed E-state index contributed by atoms with van der Waals surface area (Å²) in [6.45, 7) is 1.43. The number of hydrogen-bond donors (Lipinski definition) is 2. The Labute approximate surface area is 303 Å². The lowest BCUT2D eigenvalue weighted by Gasteiger charge is -2.26. The van der Waals surface area contributed by atoms with E-state index in [0.717, 1.165) is 46.5 Å². The van der Waals surface area contributed by atoms with Crippen molar-refractivity contribution in [2.24, 2.45) is 9.98 Å². The van der Waals surface area contributed by atoms with Gasteiger partial charge in [0.25, 0.3) is 0 Å². The van der Waals surface area contributed by atoms with Crippen molar-refractivity contribution in [3.05, 3.63) is 108 Å². The van der Waals surface area contributed by atoms with Gasteiger partial charge < -0.3 is 20.3 Å². The number of carbonyl (C=O) groups is 2. The molecular weight excluding hydrogens is 722 g/mol. The summed E-state index contributed by atoms with van der Waals surface area (Å²) in [6, 6.07) is 15.8. The lowest BCUT2D eigenvalue weighted by Crippen LogP contribution is -2.37. The Kier molecular flexibility index (Phi) is 11.1. The van der Waals surface area contributed by atoms with Gasteiger partial charge in [-0.25, -0.2) is 9.59 Å². The number of aromatic nitrogens is 2. The van der Waals surface area contributed by atoms with Crippen LogP contribution in [0, 0.1) is 0 Å². The first-order valence-corrected chi connectivity index (χ1v) is 16.3. The fraction of sp³-hybridized carbons (Fsp3) is 0.222. The van der Waals surface area contributed by atoms with Crippen LogP contribution < -0.4 is 20.8 Å². The predicted molar refractivity (Wildman–Crippen MR) is 186 cm³/mol. The van der Waals surface area contributed by atoms with Gasteiger partial charge in [0.05, 0.1) is 47.0 Å². The number of anilines is 2. The molecule has 0 aliphatic carbocycles. The molecule has 18 heteroatoms. The zero-order chi connectivity index (χ0) is 38.3. The van der Waals surface area contributed by atoms with Crippen LogP contribution in [-0.2, 0) is 31.6 Å². The Bertz CT molecular complexity index is 1960. The molecule has 0 spiro atoms. The normalized spacial score (nSPS) is 14.2. The average Bonchev–Trinajstić information content (AvgIpc) is 3.88. The number of para-hydroxylation sites is 2. The fourth-order valence-electron chi connectivity index (χ4n) is 5.61. The molecular formula is C36H30F6N8O4. The third kappa shape index (κ3) is 8.94. The highest BCUT2D eigenvalue weighted by Crippen LogP contribution is 2.41. The number of alkyl halides is 6. The first-order chi connectivity index (χ1) is 25.9. The quantitative estimate of drug-likeness (QED) is 0.107. The van der Waals surface area contributed by atoms with Crippen LogP contribution >= 0.6 is 0 Å². The summed E-state index contributed by atoms with van der Waals surface area (Å²) in [6.07, 6.45) is -5.61. The van der Waals surface area contributed by atoms with E-state index in [4.69, 9.17) is 9.68 Å². The Balaban J connectivity index is 1.26. The molecule has 0 fully saturated rings. The number of benzene rings is 2. The molecule has 2 N–H and O–H groups in total. The van der Waals surface area contributed by atoms with Crippen LogP contribution in [0.5, 0.6) is 0 Å². The Morgan fingerprint density at radius 1 is 0.630 bits per heavy atom. The van der Waals surface area contributed by atoms with E-state index in [1.165, 1.54) is 60.9 Å². The topological polar surface area (TPSA) is 134 Å². The van der Waals surface area contributed by atoms with E-state index in [0.29, 0.717) is 37.9 Å². The average molecular weight is 753 g/mol. The van der Waals surface area contributed by atoms with Crippen LogP contribution in [0.1, 0.15) is 11.1 Å². The second-order valence-corrected chi connectivity index (χ2v) is 11.6. The molecule has 0 unspecified atom stereocenters. The van der Waals surface area contributed by atoms with Gasteiger partial charge in [-0.3, -0.25) is 20.0 Å². The summed E-state index contributed by atoms with van der Waals surface area (Å²) in [5.41, 5.74) is -2.74. The van der Waals surface area contributed by atoms with Crippen LogP contribution in [-0.4, -0.2) is 72.8 Å². The van der Waals surface area contributed by atoms with Crippen molar-refractivity contribution in [3.63, 3.8) is 0 Å². The number of nitrogens with one attached hydrogen (secondary N) is 2. The zero-order valence-corrected chi connectivity index (χ0v) is 28.1. The van der Waals surface area contributed by atoms with E-state index in [2.05, 4.69) is 30.6 Å². The third-order valence-corrected chi connectivity index (χ3v) is 7.91. The van der Waals surface area contributed by atoms with Gasteiger partial charge in [-0.05, 0) is 36.4 Å². The number of pyridine rings is 2. The molecule has 0 bridgehead atoms. The number of hydrogen-bond acceptors (Lipinski definition) is 12. The second kappa shape index (κ2) is 16.1. The van der Waals surface area contributed by atoms with Crippen molar-refractivity contribution in [1.82, 2.24) is 20.6 Å². The molecule has 0 saturated heterocycles. The van der Waals surface area contributed by atoms with E-state index in [-0.39, 0.29) is 35.6 Å². The first kappa shape index (κ1) is 37.3. The minimum atomic E-state index is -4.74. The van der Waals surface area contributed by atoms with Gasteiger partial charge in [-0.1, -0.05) is 36.4 Å². The van der Waals surface area contributed by atoms with E-state index in [1.54, 1.807) is 0 Å². The Morgan fingerprint density at radius 2 is 1.04 bits per heavy atom. The summed E-state index contributed by atoms with van der Waals surface area (Å²) in [5.74, 6) is -1.46. The number of carbonyl (C=O) groups excluding carboxylic acids is 2. The van der Waals surface area contributed by atoms with Gasteiger partial charge in [0.2, 0.25) is 0 Å². The maximum atomic E-state index is 14.0. The standard InChI is InChI=1S/C36H30F6N8O4/c37-35(38,39)25-9-5-15-47-33(25)23-7-1-3-11-27(23)49(21-29-43-17-18-44-29)53-31(51)13-14-32(52)54-50(22-30-45-19-20-46-30)28-12-4-2-8-24(28)34-26(36(40,41)42)10-6-16-48-34/h1-16H,17-22H2,(H,43,44)(H,45,46)/b14-13+. The molecule has 54 heavy (non-hydrogen) atoms. The minimum absolute atomic E-state index is 0.000425. The van der Waals surface area contributed by atoms with Crippen molar-refractivity contribution >= 4 is 35.0 Å². The molecule has 0 saturated carbocycles. The molecule has 4 aromatic rings. The van der Waals surface area contributed by atoms with Crippen molar-refractivity contribution in [2.45, 2.75) is 12.4 Å². The van der Waals surface area contributed by atoms with Crippen LogP contribution in [0.15, 0.2) is 107 Å². The molecule has 2 aliphatic rings. The van der Waals surface area contributed by atoms with Crippen molar-refractivity contribution in [3.8, 4) is 22.5 Å². The molecule has 0 radical (unpaired) electrons. The van der Waals surface area contributed by atoms with Crippen molar-refractivity contribution < 1.29 is 45.6 Å². The number of rotatable bonds is 12. The fourth-order valence-corrected chi connectivity index (χ4v) is 5.61. The lowest BCUT2D eigenvalue weighted by atomic mass is 10.0. The second-order valence-electron chi connectivity index (χ2n) is 11.6. The lowest BCUT2D eigenvalue weighted by molar-refractivity contribution is -0.141. The Morgan fingerprint density at radius 3 is 1.41 bits per heavy atom. The monoisotopic (exact) mass is 752 g/mol. The summed E-state index contributed by atoms with van der Waals surface area (Å²) in [7, 11) is 0. The number of nitrogens with zero attached hydrogens (tertiary/aromatic N) is 6. The SMILES string of the molecule is O=C(/C=C/C(=O)ON(CC1=NCCN1)c1ccccc1-c1ncccc1C(F)(F)F)ON(CC1=NCCN1)c1ccccc1-c1ncccc1C(F)(F)F. The highest BCUT2D eigenvalue weighted by Gasteiger charge is 2.37. The first-order valence-electron chi connectivity index (χ1n) is 16.3. The Hall–Kier alpha value is -6.46. The summed E-state index contributed by atoms with van der Waals surface area (Å²) in [4.78, 5) is 54.1. The van der Waals surface area contributed by atoms with E-state index >= 15 is 0 Å². The summed E-state index contributed by atoms with van der Waals surface area (Å²) < 4.78 is 83.9. The maximum absolute atomic E-state index is 14.0. The van der Waals surface area contributed by atoms with Gasteiger partial charge in [0.1, 0.15) is 24.8 Å². The molecule has 12 nitrogen and oxygen atoms in total. The van der Waals surface area contributed by atoms with E-state index in [1.807, 2.05) is 0 Å². The highest BCUT2D eigenvalue weighted by atomic mass is 19.4. The molecule has 6 rings (SSSR count). The van der Waals surface area contributed by atoms with Gasteiger partial charge >= 0.3 is 24.3 Å². The van der Waals surface area contributed by atoms with Gasteiger partial charge in [0, 0.05) is 48.8 Å². The van der Waals surface area contributed by atoms with Crippen LogP contribution in [0.2, 0.25) is 0 Å². The summed E-state index contributed by atoms with van der Waals surface area (Å²) >= 11 is 0. The summed E-state index contributed by atoms with van der Waals surface area (Å²) in [5, 5.41) is 8.07. The van der Waals surface area contributed by atoms with E-state index < -0.39 is 46.8 Å². The van der Waals surface area contributed by atoms with Gasteiger partial charge in [-0.15, -0.1) is 0 Å². The number of amidine groups is 2. The largest absolute Gasteiger partial charge is 0.418 e. The highest BCUT2D eigenvalue weighted by molar-refractivity contribution is 5.95. The van der Waals surface area contributed by atoms with Crippen molar-refractivity contribution in [1.29, 1.82) is 0 Å². The molecule has 280 valence electrons. The number of halogens is 6. The molecule has 0 atom stereocenters. The number of hydroxylamine groups is 2. The smallest absolute Gasteiger partial charge is 0.370 e. The zero-order valence-electron chi connectivity index (χ0n) is 28.1. The molecule has 0 amide bonds. The predicted octanol–water partition coefficient (Wildman–Crippen LogP) is 5.64.